The number of nitrogens with zero attached hydrogens (tertiary/aromatic N) is 1. The summed E-state index contributed by atoms with van der Waals surface area (Å²) in [6.07, 6.45) is 2.17. The lowest BCUT2D eigenvalue weighted by Crippen LogP contribution is -2.33. The Morgan fingerprint density at radius 3 is 2.48 bits per heavy atom. The van der Waals surface area contributed by atoms with Gasteiger partial charge in [0.15, 0.2) is 0 Å². The second kappa shape index (κ2) is 6.05. The molecule has 1 aliphatic carbocycles. The van der Waals surface area contributed by atoms with Crippen LogP contribution < -0.4 is 5.73 Å². The van der Waals surface area contributed by atoms with Gasteiger partial charge in [0.25, 0.3) is 5.91 Å². The number of nitrogen functional groups attached to an aromatic ring is 1. The van der Waals surface area contributed by atoms with E-state index in [0.717, 1.165) is 33.2 Å². The van der Waals surface area contributed by atoms with Gasteiger partial charge >= 0.3 is 0 Å². The highest BCUT2D eigenvalue weighted by Gasteiger charge is 2.33. The Labute approximate surface area is 138 Å². The van der Waals surface area contributed by atoms with E-state index in [1.807, 2.05) is 53.4 Å². The van der Waals surface area contributed by atoms with Crippen molar-refractivity contribution >= 4 is 34.2 Å². The lowest BCUT2D eigenvalue weighted by atomic mass is 10.1. The van der Waals surface area contributed by atoms with E-state index < -0.39 is 0 Å². The third kappa shape index (κ3) is 3.20. The minimum absolute atomic E-state index is 0.103. The van der Waals surface area contributed by atoms with Crippen LogP contribution in [0.25, 0.3) is 0 Å². The van der Waals surface area contributed by atoms with E-state index in [2.05, 4.69) is 22.6 Å². The highest BCUT2D eigenvalue weighted by molar-refractivity contribution is 14.1. The van der Waals surface area contributed by atoms with Crippen LogP contribution >= 0.6 is 22.6 Å². The number of para-hydroxylation sites is 1. The lowest BCUT2D eigenvalue weighted by molar-refractivity contribution is 0.0729. The van der Waals surface area contributed by atoms with Crippen molar-refractivity contribution in [3.8, 4) is 0 Å². The number of anilines is 1. The summed E-state index contributed by atoms with van der Waals surface area (Å²) >= 11 is 2.22. The van der Waals surface area contributed by atoms with Crippen LogP contribution in [0.3, 0.4) is 0 Å². The number of rotatable bonds is 4. The molecule has 3 rings (SSSR count). The third-order valence-corrected chi connectivity index (χ3v) is 4.69. The summed E-state index contributed by atoms with van der Waals surface area (Å²) < 4.78 is 0.992. The molecule has 3 nitrogen and oxygen atoms in total. The smallest absolute Gasteiger partial charge is 0.255 e. The Kier molecular flexibility index (Phi) is 4.14. The Bertz CT molecular complexity index is 667. The van der Waals surface area contributed by atoms with Gasteiger partial charge in [0.1, 0.15) is 0 Å². The van der Waals surface area contributed by atoms with Crippen LogP contribution in [-0.4, -0.2) is 16.8 Å². The Balaban J connectivity index is 1.87. The van der Waals surface area contributed by atoms with E-state index in [1.54, 1.807) is 0 Å². The van der Waals surface area contributed by atoms with Gasteiger partial charge in [-0.25, -0.2) is 0 Å². The molecule has 0 bridgehead atoms. The number of hydrogen-bond acceptors (Lipinski definition) is 2. The molecule has 108 valence electrons. The summed E-state index contributed by atoms with van der Waals surface area (Å²) in [5.74, 6) is 0.103. The second-order valence-corrected chi connectivity index (χ2v) is 6.51. The van der Waals surface area contributed by atoms with Gasteiger partial charge in [-0.05, 0) is 59.2 Å². The Morgan fingerprint density at radius 1 is 1.14 bits per heavy atom. The van der Waals surface area contributed by atoms with Crippen molar-refractivity contribution in [2.24, 2.45) is 0 Å². The zero-order valence-electron chi connectivity index (χ0n) is 11.6. The largest absolute Gasteiger partial charge is 0.398 e. The van der Waals surface area contributed by atoms with Gasteiger partial charge in [0, 0.05) is 21.8 Å². The number of nitrogens with two attached hydrogens (primary N) is 1. The van der Waals surface area contributed by atoms with Crippen LogP contribution in [-0.2, 0) is 6.54 Å². The fraction of sp³-hybridized carbons (Fsp3) is 0.235. The molecule has 0 unspecified atom stereocenters. The maximum Gasteiger partial charge on any atom is 0.255 e. The van der Waals surface area contributed by atoms with E-state index in [4.69, 9.17) is 5.73 Å². The van der Waals surface area contributed by atoms with E-state index in [9.17, 15) is 4.79 Å². The van der Waals surface area contributed by atoms with Gasteiger partial charge in [0.05, 0.1) is 5.56 Å². The highest BCUT2D eigenvalue weighted by Crippen LogP contribution is 2.31. The fourth-order valence-corrected chi connectivity index (χ4v) is 3.02. The van der Waals surface area contributed by atoms with Crippen molar-refractivity contribution in [2.75, 3.05) is 5.73 Å². The van der Waals surface area contributed by atoms with Crippen LogP contribution in [0.1, 0.15) is 28.8 Å². The highest BCUT2D eigenvalue weighted by atomic mass is 127. The Morgan fingerprint density at radius 2 is 1.81 bits per heavy atom. The van der Waals surface area contributed by atoms with Crippen LogP contribution in [0.15, 0.2) is 48.5 Å². The Hall–Kier alpha value is -1.56. The van der Waals surface area contributed by atoms with E-state index in [0.29, 0.717) is 12.6 Å². The zero-order valence-corrected chi connectivity index (χ0v) is 13.8. The minimum atomic E-state index is 0.103. The maximum atomic E-state index is 12.8. The summed E-state index contributed by atoms with van der Waals surface area (Å²) in [4.78, 5) is 14.8. The molecule has 2 aromatic rings. The van der Waals surface area contributed by atoms with Gasteiger partial charge in [-0.15, -0.1) is 0 Å². The first-order valence-electron chi connectivity index (χ1n) is 7.05. The molecule has 2 aromatic carbocycles. The maximum absolute atomic E-state index is 12.8. The SMILES string of the molecule is Nc1ccccc1CN(C(=O)c1ccccc1I)C1CC1. The van der Waals surface area contributed by atoms with E-state index in [1.165, 1.54) is 0 Å². The standard InChI is InChI=1S/C17H17IN2O/c18-15-7-3-2-6-14(15)17(21)20(13-9-10-13)11-12-5-1-4-8-16(12)19/h1-8,13H,9-11,19H2. The first-order chi connectivity index (χ1) is 10.2. The van der Waals surface area contributed by atoms with Crippen molar-refractivity contribution in [1.29, 1.82) is 0 Å². The van der Waals surface area contributed by atoms with Crippen LogP contribution in [0.2, 0.25) is 0 Å². The summed E-state index contributed by atoms with van der Waals surface area (Å²) in [6, 6.07) is 15.9. The molecule has 1 aliphatic rings. The number of halogens is 1. The van der Waals surface area contributed by atoms with Crippen molar-refractivity contribution < 1.29 is 4.79 Å². The quantitative estimate of drug-likeness (QED) is 0.638. The predicted molar refractivity (Wildman–Crippen MR) is 92.9 cm³/mol. The molecule has 1 fully saturated rings. The molecule has 0 spiro atoms. The van der Waals surface area contributed by atoms with E-state index in [-0.39, 0.29) is 5.91 Å². The van der Waals surface area contributed by atoms with Gasteiger partial charge in [-0.3, -0.25) is 4.79 Å². The zero-order chi connectivity index (χ0) is 14.8. The number of benzene rings is 2. The van der Waals surface area contributed by atoms with Gasteiger partial charge in [-0.1, -0.05) is 30.3 Å². The molecule has 0 aromatic heterocycles. The van der Waals surface area contributed by atoms with Crippen molar-refractivity contribution in [1.82, 2.24) is 4.90 Å². The number of hydrogen-bond donors (Lipinski definition) is 1. The first kappa shape index (κ1) is 14.4. The molecule has 0 atom stereocenters. The molecule has 1 saturated carbocycles. The normalized spacial score (nSPS) is 14.0. The van der Waals surface area contributed by atoms with Crippen molar-refractivity contribution in [3.63, 3.8) is 0 Å². The van der Waals surface area contributed by atoms with Crippen LogP contribution in [0.4, 0.5) is 5.69 Å². The predicted octanol–water partition coefficient (Wildman–Crippen LogP) is 3.68. The summed E-state index contributed by atoms with van der Waals surface area (Å²) in [5.41, 5.74) is 8.56. The first-order valence-corrected chi connectivity index (χ1v) is 8.13. The molecule has 0 heterocycles. The minimum Gasteiger partial charge on any atom is -0.398 e. The summed E-state index contributed by atoms with van der Waals surface area (Å²) in [5, 5.41) is 0. The molecule has 2 N–H and O–H groups in total. The van der Waals surface area contributed by atoms with Crippen molar-refractivity contribution in [2.45, 2.75) is 25.4 Å². The number of amides is 1. The van der Waals surface area contributed by atoms with Gasteiger partial charge in [0.2, 0.25) is 0 Å². The monoisotopic (exact) mass is 392 g/mol. The third-order valence-electron chi connectivity index (χ3n) is 3.75. The number of carbonyl (C=O) groups excluding carboxylic acids is 1. The van der Waals surface area contributed by atoms with Crippen molar-refractivity contribution in [3.05, 3.63) is 63.2 Å². The summed E-state index contributed by atoms with van der Waals surface area (Å²) in [6.45, 7) is 0.584. The molecule has 0 saturated heterocycles. The molecule has 4 heteroatoms. The molecule has 21 heavy (non-hydrogen) atoms. The lowest BCUT2D eigenvalue weighted by Gasteiger charge is -2.24. The van der Waals surface area contributed by atoms with E-state index >= 15 is 0 Å². The second-order valence-electron chi connectivity index (χ2n) is 5.34. The van der Waals surface area contributed by atoms with Crippen LogP contribution in [0.5, 0.6) is 0 Å². The molecular weight excluding hydrogens is 375 g/mol. The van der Waals surface area contributed by atoms with Gasteiger partial charge in [-0.2, -0.15) is 0 Å². The topological polar surface area (TPSA) is 46.3 Å². The van der Waals surface area contributed by atoms with Crippen LogP contribution in [0, 0.1) is 3.57 Å². The summed E-state index contributed by atoms with van der Waals surface area (Å²) in [7, 11) is 0. The molecule has 0 aliphatic heterocycles. The average molecular weight is 392 g/mol. The number of carbonyl (C=O) groups is 1. The average Bonchev–Trinajstić information content (AvgIpc) is 3.31. The molecular formula is C17H17IN2O. The molecule has 0 radical (unpaired) electrons. The molecule has 1 amide bonds. The fourth-order valence-electron chi connectivity index (χ4n) is 2.40. The van der Waals surface area contributed by atoms with Gasteiger partial charge < -0.3 is 10.6 Å².